The predicted molar refractivity (Wildman–Crippen MR) is 51.1 cm³/mol. The summed E-state index contributed by atoms with van der Waals surface area (Å²) in [6.45, 7) is 2.32. The Hall–Kier alpha value is -0.610. The molecule has 2 aliphatic heterocycles. The predicted octanol–water partition coefficient (Wildman–Crippen LogP) is 0.476. The Bertz CT molecular complexity index is 219. The van der Waals surface area contributed by atoms with E-state index in [1.54, 1.807) is 0 Å². The first-order valence-electron chi connectivity index (χ1n) is 5.33. The van der Waals surface area contributed by atoms with Crippen LogP contribution in [0.5, 0.6) is 0 Å². The Morgan fingerprint density at radius 3 is 3.07 bits per heavy atom. The Kier molecular flexibility index (Phi) is 3.03. The van der Waals surface area contributed by atoms with Gasteiger partial charge in [0.25, 0.3) is 0 Å². The number of carboxylic acids is 1. The van der Waals surface area contributed by atoms with E-state index in [-0.39, 0.29) is 11.8 Å². The van der Waals surface area contributed by atoms with E-state index in [1.807, 2.05) is 0 Å². The van der Waals surface area contributed by atoms with Crippen molar-refractivity contribution < 1.29 is 14.6 Å². The van der Waals surface area contributed by atoms with Crippen molar-refractivity contribution in [1.29, 1.82) is 0 Å². The van der Waals surface area contributed by atoms with Crippen molar-refractivity contribution in [3.63, 3.8) is 0 Å². The summed E-state index contributed by atoms with van der Waals surface area (Å²) in [6.07, 6.45) is 2.70. The van der Waals surface area contributed by atoms with Crippen LogP contribution >= 0.6 is 0 Å². The third-order valence-corrected chi connectivity index (χ3v) is 3.33. The average Bonchev–Trinajstić information content (AvgIpc) is 2.39. The zero-order chi connectivity index (χ0) is 9.97. The van der Waals surface area contributed by atoms with Gasteiger partial charge in [-0.15, -0.1) is 0 Å². The van der Waals surface area contributed by atoms with Gasteiger partial charge in [-0.3, -0.25) is 4.79 Å². The second-order valence-electron chi connectivity index (χ2n) is 4.18. The molecule has 4 heteroatoms. The highest BCUT2D eigenvalue weighted by molar-refractivity contribution is 5.70. The normalized spacial score (nSPS) is 38.4. The van der Waals surface area contributed by atoms with E-state index < -0.39 is 5.97 Å². The maximum atomic E-state index is 11.1. The molecule has 0 aromatic heterocycles. The fourth-order valence-electron chi connectivity index (χ4n) is 2.54. The van der Waals surface area contributed by atoms with Gasteiger partial charge in [-0.25, -0.2) is 0 Å². The van der Waals surface area contributed by atoms with E-state index in [0.717, 1.165) is 32.4 Å². The van der Waals surface area contributed by atoms with E-state index in [9.17, 15) is 4.79 Å². The monoisotopic (exact) mass is 199 g/mol. The van der Waals surface area contributed by atoms with Gasteiger partial charge in [-0.1, -0.05) is 0 Å². The first kappa shape index (κ1) is 9.93. The van der Waals surface area contributed by atoms with E-state index in [2.05, 4.69) is 5.32 Å². The molecule has 0 spiro atoms. The highest BCUT2D eigenvalue weighted by Crippen LogP contribution is 2.28. The topological polar surface area (TPSA) is 58.6 Å². The molecular formula is C10H17NO3. The molecule has 2 N–H and O–H groups in total. The quantitative estimate of drug-likeness (QED) is 0.644. The van der Waals surface area contributed by atoms with Gasteiger partial charge in [0.1, 0.15) is 0 Å². The van der Waals surface area contributed by atoms with Crippen molar-refractivity contribution in [2.45, 2.75) is 25.3 Å². The standard InChI is InChI=1S/C10H17NO3/c12-10(13)7-2-1-4-11-9-3-5-14-6-8(7)9/h7-9,11H,1-6H2,(H,12,13). The number of rotatable bonds is 1. The molecule has 3 atom stereocenters. The molecule has 0 aromatic rings. The molecule has 0 aliphatic carbocycles. The zero-order valence-corrected chi connectivity index (χ0v) is 8.24. The number of fused-ring (bicyclic) bond motifs is 1. The smallest absolute Gasteiger partial charge is 0.306 e. The number of hydrogen-bond donors (Lipinski definition) is 2. The molecule has 0 bridgehead atoms. The molecule has 2 heterocycles. The van der Waals surface area contributed by atoms with Crippen LogP contribution in [-0.2, 0) is 9.53 Å². The van der Waals surface area contributed by atoms with Crippen molar-refractivity contribution in [2.75, 3.05) is 19.8 Å². The molecule has 4 nitrogen and oxygen atoms in total. The van der Waals surface area contributed by atoms with Crippen LogP contribution in [-0.4, -0.2) is 36.9 Å². The summed E-state index contributed by atoms with van der Waals surface area (Å²) in [5.74, 6) is -0.701. The van der Waals surface area contributed by atoms with Gasteiger partial charge in [-0.05, 0) is 25.8 Å². The molecule has 3 unspecified atom stereocenters. The summed E-state index contributed by atoms with van der Waals surface area (Å²) < 4.78 is 5.37. The van der Waals surface area contributed by atoms with Crippen LogP contribution in [0, 0.1) is 11.8 Å². The molecule has 2 rings (SSSR count). The highest BCUT2D eigenvalue weighted by atomic mass is 16.5. The van der Waals surface area contributed by atoms with E-state index in [0.29, 0.717) is 12.6 Å². The maximum Gasteiger partial charge on any atom is 0.306 e. The minimum Gasteiger partial charge on any atom is -0.481 e. The molecule has 2 saturated heterocycles. The number of nitrogens with one attached hydrogen (secondary N) is 1. The lowest BCUT2D eigenvalue weighted by Crippen LogP contribution is -2.45. The first-order chi connectivity index (χ1) is 6.79. The molecule has 0 amide bonds. The second kappa shape index (κ2) is 4.28. The van der Waals surface area contributed by atoms with Crippen molar-refractivity contribution >= 4 is 5.97 Å². The molecule has 0 radical (unpaired) electrons. The molecule has 80 valence electrons. The van der Waals surface area contributed by atoms with Gasteiger partial charge >= 0.3 is 5.97 Å². The molecule has 0 saturated carbocycles. The van der Waals surface area contributed by atoms with Crippen LogP contribution in [0.2, 0.25) is 0 Å². The highest BCUT2D eigenvalue weighted by Gasteiger charge is 2.37. The number of aliphatic carboxylic acids is 1. The summed E-state index contributed by atoms with van der Waals surface area (Å²) in [5.41, 5.74) is 0. The zero-order valence-electron chi connectivity index (χ0n) is 8.24. The van der Waals surface area contributed by atoms with Crippen LogP contribution in [0.15, 0.2) is 0 Å². The van der Waals surface area contributed by atoms with Crippen LogP contribution in [0.3, 0.4) is 0 Å². The minimum absolute atomic E-state index is 0.170. The SMILES string of the molecule is O=C(O)C1CCCNC2CCOCC21. The lowest BCUT2D eigenvalue weighted by Gasteiger charge is -2.33. The first-order valence-corrected chi connectivity index (χ1v) is 5.33. The molecule has 14 heavy (non-hydrogen) atoms. The van der Waals surface area contributed by atoms with Gasteiger partial charge < -0.3 is 15.2 Å². The summed E-state index contributed by atoms with van der Waals surface area (Å²) >= 11 is 0. The summed E-state index contributed by atoms with van der Waals surface area (Å²) in [5, 5.41) is 12.5. The Morgan fingerprint density at radius 1 is 1.43 bits per heavy atom. The summed E-state index contributed by atoms with van der Waals surface area (Å²) in [7, 11) is 0. The van der Waals surface area contributed by atoms with Gasteiger partial charge in [0.05, 0.1) is 12.5 Å². The minimum atomic E-state index is -0.658. The Morgan fingerprint density at radius 2 is 2.29 bits per heavy atom. The second-order valence-corrected chi connectivity index (χ2v) is 4.18. The molecule has 0 aromatic carbocycles. The third-order valence-electron chi connectivity index (χ3n) is 3.33. The van der Waals surface area contributed by atoms with Gasteiger partial charge in [0.15, 0.2) is 0 Å². The van der Waals surface area contributed by atoms with Crippen molar-refractivity contribution in [3.8, 4) is 0 Å². The fraction of sp³-hybridized carbons (Fsp3) is 0.900. The van der Waals surface area contributed by atoms with Crippen LogP contribution in [0.25, 0.3) is 0 Å². The van der Waals surface area contributed by atoms with E-state index in [4.69, 9.17) is 9.84 Å². The maximum absolute atomic E-state index is 11.1. The van der Waals surface area contributed by atoms with Crippen LogP contribution in [0.1, 0.15) is 19.3 Å². The Labute approximate surface area is 83.6 Å². The summed E-state index contributed by atoms with van der Waals surface area (Å²) in [6, 6.07) is 0.354. The van der Waals surface area contributed by atoms with Crippen LogP contribution in [0.4, 0.5) is 0 Å². The third kappa shape index (κ3) is 1.91. The van der Waals surface area contributed by atoms with Gasteiger partial charge in [0, 0.05) is 18.6 Å². The molecule has 2 fully saturated rings. The molecule has 2 aliphatic rings. The van der Waals surface area contributed by atoms with Crippen LogP contribution < -0.4 is 5.32 Å². The van der Waals surface area contributed by atoms with Gasteiger partial charge in [-0.2, -0.15) is 0 Å². The fourth-order valence-corrected chi connectivity index (χ4v) is 2.54. The van der Waals surface area contributed by atoms with Crippen molar-refractivity contribution in [1.82, 2.24) is 5.32 Å². The van der Waals surface area contributed by atoms with Crippen molar-refractivity contribution in [2.24, 2.45) is 11.8 Å². The molecular weight excluding hydrogens is 182 g/mol. The Balaban J connectivity index is 2.10. The number of hydrogen-bond acceptors (Lipinski definition) is 3. The summed E-state index contributed by atoms with van der Waals surface area (Å²) in [4.78, 5) is 11.1. The number of ether oxygens (including phenoxy) is 1. The number of carbonyl (C=O) groups is 1. The lowest BCUT2D eigenvalue weighted by atomic mass is 9.83. The van der Waals surface area contributed by atoms with E-state index >= 15 is 0 Å². The van der Waals surface area contributed by atoms with Gasteiger partial charge in [0.2, 0.25) is 0 Å². The largest absolute Gasteiger partial charge is 0.481 e. The average molecular weight is 199 g/mol. The van der Waals surface area contributed by atoms with Crippen molar-refractivity contribution in [3.05, 3.63) is 0 Å². The number of carboxylic acid groups (broad SMARTS) is 1. The lowest BCUT2D eigenvalue weighted by molar-refractivity contribution is -0.146. The van der Waals surface area contributed by atoms with E-state index in [1.165, 1.54) is 0 Å².